The number of esters is 1. The second-order valence-corrected chi connectivity index (χ2v) is 7.88. The summed E-state index contributed by atoms with van der Waals surface area (Å²) in [7, 11) is 0. The number of hydrazine groups is 1. The number of nitrogens with one attached hydrogen (secondary N) is 2. The summed E-state index contributed by atoms with van der Waals surface area (Å²) < 4.78 is 43.4. The van der Waals surface area contributed by atoms with Crippen molar-refractivity contribution in [3.63, 3.8) is 0 Å². The predicted octanol–water partition coefficient (Wildman–Crippen LogP) is 2.94. The molecule has 1 atom stereocenters. The summed E-state index contributed by atoms with van der Waals surface area (Å²) in [4.78, 5) is 59.2. The maximum absolute atomic E-state index is 12.8. The zero-order valence-electron chi connectivity index (χ0n) is 18.0. The Kier molecular flexibility index (Phi) is 7.77. The van der Waals surface area contributed by atoms with Gasteiger partial charge in [0.05, 0.1) is 33.7 Å². The summed E-state index contributed by atoms with van der Waals surface area (Å²) in [5.41, 5.74) is 0.0216. The zero-order chi connectivity index (χ0) is 26.6. The number of benzene rings is 2. The van der Waals surface area contributed by atoms with Gasteiger partial charge in [0.1, 0.15) is 5.56 Å². The molecule has 36 heavy (non-hydrogen) atoms. The highest BCUT2D eigenvalue weighted by Gasteiger charge is 2.37. The molecule has 1 aliphatic rings. The highest BCUT2D eigenvalue weighted by atomic mass is 35.5. The van der Waals surface area contributed by atoms with E-state index in [1.54, 1.807) is 0 Å². The lowest BCUT2D eigenvalue weighted by molar-refractivity contribution is -0.385. The van der Waals surface area contributed by atoms with Crippen LogP contribution in [0.3, 0.4) is 0 Å². The minimum atomic E-state index is -4.67. The number of alkyl halides is 3. The van der Waals surface area contributed by atoms with Crippen LogP contribution >= 0.6 is 11.6 Å². The number of halogens is 4. The van der Waals surface area contributed by atoms with Crippen molar-refractivity contribution in [1.82, 2.24) is 10.4 Å². The van der Waals surface area contributed by atoms with Gasteiger partial charge in [-0.1, -0.05) is 23.7 Å². The van der Waals surface area contributed by atoms with E-state index < -0.39 is 58.6 Å². The molecule has 2 N–H and O–H groups in total. The van der Waals surface area contributed by atoms with Gasteiger partial charge in [-0.15, -0.1) is 0 Å². The highest BCUT2D eigenvalue weighted by Crippen LogP contribution is 2.33. The molecule has 0 unspecified atom stereocenters. The first-order chi connectivity index (χ1) is 16.9. The number of anilines is 1. The normalized spacial score (nSPS) is 15.4. The predicted molar refractivity (Wildman–Crippen MR) is 116 cm³/mol. The minimum Gasteiger partial charge on any atom is -0.455 e. The number of para-hydroxylation sites is 1. The molecule has 0 radical (unpaired) electrons. The van der Waals surface area contributed by atoms with Crippen molar-refractivity contribution in [3.8, 4) is 0 Å². The number of hydrogen-bond donors (Lipinski definition) is 2. The molecule has 3 amide bonds. The van der Waals surface area contributed by atoms with Crippen LogP contribution in [0.2, 0.25) is 5.02 Å². The number of nitrogens with zero attached hydrogens (tertiary/aromatic N) is 2. The van der Waals surface area contributed by atoms with Gasteiger partial charge in [0.2, 0.25) is 5.91 Å². The van der Waals surface area contributed by atoms with Gasteiger partial charge in [0, 0.05) is 12.5 Å². The summed E-state index contributed by atoms with van der Waals surface area (Å²) in [6.07, 6.45) is -5.05. The van der Waals surface area contributed by atoms with Crippen LogP contribution in [-0.2, 0) is 25.3 Å². The lowest BCUT2D eigenvalue weighted by Crippen LogP contribution is -2.43. The Balaban J connectivity index is 1.55. The van der Waals surface area contributed by atoms with E-state index in [9.17, 15) is 42.5 Å². The summed E-state index contributed by atoms with van der Waals surface area (Å²) in [5.74, 6) is -4.65. The topological polar surface area (TPSA) is 148 Å². The molecule has 0 bridgehead atoms. The third-order valence-corrected chi connectivity index (χ3v) is 5.28. The van der Waals surface area contributed by atoms with Crippen LogP contribution < -0.4 is 10.7 Å². The Labute approximate surface area is 205 Å². The second-order valence-electron chi connectivity index (χ2n) is 7.47. The van der Waals surface area contributed by atoms with Crippen LogP contribution in [0.15, 0.2) is 42.5 Å². The summed E-state index contributed by atoms with van der Waals surface area (Å²) in [6, 6.07) is 7.35. The number of hydrogen-bond acceptors (Lipinski definition) is 7. The number of nitro groups is 1. The van der Waals surface area contributed by atoms with E-state index in [4.69, 9.17) is 16.3 Å². The smallest absolute Gasteiger partial charge is 0.416 e. The van der Waals surface area contributed by atoms with E-state index >= 15 is 0 Å². The third-order valence-electron chi connectivity index (χ3n) is 4.95. The van der Waals surface area contributed by atoms with Crippen LogP contribution in [0.1, 0.15) is 22.3 Å². The maximum Gasteiger partial charge on any atom is 0.416 e. The Morgan fingerprint density at radius 1 is 1.19 bits per heavy atom. The highest BCUT2D eigenvalue weighted by molar-refractivity contribution is 6.33. The third kappa shape index (κ3) is 6.27. The molecule has 190 valence electrons. The molecule has 2 aromatic carbocycles. The molecule has 15 heteroatoms. The summed E-state index contributed by atoms with van der Waals surface area (Å²) in [5, 5.41) is 13.8. The molecule has 0 saturated carbocycles. The average molecular weight is 529 g/mol. The molecule has 1 heterocycles. The lowest BCUT2D eigenvalue weighted by atomic mass is 10.1. The molecular weight excluding hydrogens is 513 g/mol. The largest absolute Gasteiger partial charge is 0.455 e. The molecule has 1 aliphatic heterocycles. The number of ether oxygens (including phenoxy) is 1. The fraction of sp³-hybridized carbons (Fsp3) is 0.238. The van der Waals surface area contributed by atoms with Crippen molar-refractivity contribution >= 4 is 46.7 Å². The first-order valence-electron chi connectivity index (χ1n) is 10.0. The number of rotatable bonds is 7. The van der Waals surface area contributed by atoms with Crippen LogP contribution in [0.4, 0.5) is 24.5 Å². The molecule has 1 fully saturated rings. The Morgan fingerprint density at radius 2 is 1.89 bits per heavy atom. The van der Waals surface area contributed by atoms with Crippen molar-refractivity contribution in [3.05, 3.63) is 68.7 Å². The zero-order valence-corrected chi connectivity index (χ0v) is 18.8. The van der Waals surface area contributed by atoms with Crippen LogP contribution in [0, 0.1) is 16.0 Å². The van der Waals surface area contributed by atoms with Gasteiger partial charge >= 0.3 is 12.1 Å². The lowest BCUT2D eigenvalue weighted by Gasteiger charge is -2.17. The summed E-state index contributed by atoms with van der Waals surface area (Å²) >= 11 is 5.80. The van der Waals surface area contributed by atoms with Crippen molar-refractivity contribution in [2.24, 2.45) is 5.92 Å². The average Bonchev–Trinajstić information content (AvgIpc) is 3.18. The monoisotopic (exact) mass is 528 g/mol. The number of amides is 3. The van der Waals surface area contributed by atoms with Gasteiger partial charge in [-0.25, -0.2) is 0 Å². The van der Waals surface area contributed by atoms with Crippen molar-refractivity contribution in [2.75, 3.05) is 18.5 Å². The fourth-order valence-electron chi connectivity index (χ4n) is 3.22. The molecular formula is C21H16ClF3N4O7. The fourth-order valence-corrected chi connectivity index (χ4v) is 3.38. The van der Waals surface area contributed by atoms with Gasteiger partial charge in [-0.05, 0) is 24.3 Å². The van der Waals surface area contributed by atoms with Gasteiger partial charge in [0.25, 0.3) is 17.5 Å². The van der Waals surface area contributed by atoms with Crippen molar-refractivity contribution < 1.29 is 42.0 Å². The van der Waals surface area contributed by atoms with Crippen LogP contribution in [0.25, 0.3) is 0 Å². The van der Waals surface area contributed by atoms with Gasteiger partial charge in [-0.2, -0.15) is 13.2 Å². The SMILES string of the molecule is O=C(COC(=O)[C@H]1CC(=O)N(NC(=O)c2ccccc2[N+](=O)[O-])C1)Nc1cc(C(F)(F)F)ccc1Cl. The first kappa shape index (κ1) is 26.4. The van der Waals surface area contributed by atoms with Gasteiger partial charge in [0.15, 0.2) is 6.61 Å². The van der Waals surface area contributed by atoms with Gasteiger partial charge < -0.3 is 10.1 Å². The van der Waals surface area contributed by atoms with E-state index in [2.05, 4.69) is 10.7 Å². The van der Waals surface area contributed by atoms with Crippen LogP contribution in [-0.4, -0.2) is 46.8 Å². The quantitative estimate of drug-likeness (QED) is 0.319. The molecule has 1 saturated heterocycles. The maximum atomic E-state index is 12.8. The minimum absolute atomic E-state index is 0.172. The molecule has 3 rings (SSSR count). The van der Waals surface area contributed by atoms with E-state index in [1.807, 2.05) is 0 Å². The number of nitro benzene ring substituents is 1. The standard InChI is InChI=1S/C21H16ClF3N4O7/c22-14-6-5-12(21(23,24)25)8-15(14)26-17(30)10-36-20(33)11-7-18(31)28(9-11)27-19(32)13-3-1-2-4-16(13)29(34)35/h1-6,8,11H,7,9-10H2,(H,26,30)(H,27,32)/t11-/m0/s1. The molecule has 0 spiro atoms. The van der Waals surface area contributed by atoms with E-state index in [0.717, 1.165) is 23.2 Å². The first-order valence-corrected chi connectivity index (χ1v) is 10.4. The Bertz CT molecular complexity index is 1240. The van der Waals surface area contributed by atoms with Crippen molar-refractivity contribution in [1.29, 1.82) is 0 Å². The van der Waals surface area contributed by atoms with Gasteiger partial charge in [-0.3, -0.25) is 39.7 Å². The number of carbonyl (C=O) groups excluding carboxylic acids is 4. The second kappa shape index (κ2) is 10.6. The summed E-state index contributed by atoms with van der Waals surface area (Å²) in [6.45, 7) is -1.20. The van der Waals surface area contributed by atoms with Crippen molar-refractivity contribution in [2.45, 2.75) is 12.6 Å². The Hall–Kier alpha value is -4.20. The molecule has 11 nitrogen and oxygen atoms in total. The van der Waals surface area contributed by atoms with E-state index in [-0.39, 0.29) is 29.2 Å². The van der Waals surface area contributed by atoms with E-state index in [0.29, 0.717) is 6.07 Å². The number of carbonyl (C=O) groups is 4. The van der Waals surface area contributed by atoms with Crippen LogP contribution in [0.5, 0.6) is 0 Å². The molecule has 2 aromatic rings. The van der Waals surface area contributed by atoms with E-state index in [1.165, 1.54) is 18.2 Å². The molecule has 0 aliphatic carbocycles. The molecule has 0 aromatic heterocycles. The Morgan fingerprint density at radius 3 is 2.56 bits per heavy atom.